The lowest BCUT2D eigenvalue weighted by Gasteiger charge is -2.30. The van der Waals surface area contributed by atoms with E-state index in [0.29, 0.717) is 46.4 Å². The van der Waals surface area contributed by atoms with Crippen LogP contribution in [0.1, 0.15) is 23.0 Å². The highest BCUT2D eigenvalue weighted by molar-refractivity contribution is 6.34. The van der Waals surface area contributed by atoms with Gasteiger partial charge in [0.05, 0.1) is 45.4 Å². The zero-order valence-corrected chi connectivity index (χ0v) is 34.7. The molecule has 2 aromatic heterocycles. The van der Waals surface area contributed by atoms with Gasteiger partial charge in [-0.1, -0.05) is 65.7 Å². The first-order chi connectivity index (χ1) is 27.7. The number of carbonyl (C=O) groups excluding carboxylic acids is 2. The van der Waals surface area contributed by atoms with Crippen LogP contribution in [0.15, 0.2) is 94.5 Å². The van der Waals surface area contributed by atoms with Gasteiger partial charge in [0.1, 0.15) is 0 Å². The Morgan fingerprint density at radius 1 is 0.569 bits per heavy atom. The number of halogens is 2. The van der Waals surface area contributed by atoms with Crippen molar-refractivity contribution in [2.24, 2.45) is 0 Å². The number of hydrogen-bond donors (Lipinski definition) is 4. The van der Waals surface area contributed by atoms with E-state index in [2.05, 4.69) is 40.8 Å². The number of H-pyrrole nitrogens is 2. The maximum Gasteiger partial charge on any atom is 0.272 e. The molecule has 6 rings (SSSR count). The smallest absolute Gasteiger partial charge is 0.272 e. The first-order valence-electron chi connectivity index (χ1n) is 18.6. The number of fused-ring (bicyclic) bond motifs is 2. The van der Waals surface area contributed by atoms with Crippen LogP contribution in [0.25, 0.3) is 21.5 Å². The number of benzene rings is 4. The average molecular weight is 826 g/mol. The van der Waals surface area contributed by atoms with E-state index in [1.165, 1.54) is 0 Å². The molecule has 0 fully saturated rings. The number of hydrogen-bond acceptors (Lipinski definition) is 10. The monoisotopic (exact) mass is 824 g/mol. The molecule has 4 N–H and O–H groups in total. The normalized spacial score (nSPS) is 12.5. The molecular weight excluding hydrogens is 779 g/mol. The van der Waals surface area contributed by atoms with Crippen molar-refractivity contribution >= 4 is 79.3 Å². The van der Waals surface area contributed by atoms with E-state index < -0.39 is 34.8 Å². The Morgan fingerprint density at radius 2 is 0.983 bits per heavy atom. The molecular formula is C42H46Cl2N10O4. The standard InChI is InChI=1S/C42H46Cl2N10O4/c1-51(2)19-21-53(5)33-13-9-7-11-31(33)45-41(57)35(25-16-18-28-29(23-25)38(44)48-49-39(28)55)36(26-15-17-27-30(24-26)40(56)50-47-37(27)43)42(58)46-32-12-8-10-14-34(32)54(6)22-20-52(3)4/h7-18,23-24,35-36H,19-22H2,1-6H3,(H,45,57)(H,46,58)(H,49,55)(H,50,56). The zero-order chi connectivity index (χ0) is 41.7. The second kappa shape index (κ2) is 18.2. The molecule has 58 heavy (non-hydrogen) atoms. The second-order valence-electron chi connectivity index (χ2n) is 14.7. The van der Waals surface area contributed by atoms with Crippen LogP contribution in [-0.2, 0) is 9.59 Å². The molecule has 0 saturated heterocycles. The number of likely N-dealkylation sites (N-methyl/N-ethyl adjacent to an activating group) is 4. The van der Waals surface area contributed by atoms with Crippen LogP contribution >= 0.6 is 23.2 Å². The Labute approximate surface area is 345 Å². The third kappa shape index (κ3) is 9.32. The van der Waals surface area contributed by atoms with Crippen LogP contribution in [0.3, 0.4) is 0 Å². The van der Waals surface area contributed by atoms with Crippen LogP contribution < -0.4 is 31.6 Å². The van der Waals surface area contributed by atoms with Crippen molar-refractivity contribution in [3.8, 4) is 0 Å². The highest BCUT2D eigenvalue weighted by atomic mass is 35.5. The van der Waals surface area contributed by atoms with Gasteiger partial charge in [-0.2, -0.15) is 10.2 Å². The topological polar surface area (TPSA) is 163 Å². The molecule has 0 radical (unpaired) electrons. The van der Waals surface area contributed by atoms with Gasteiger partial charge < -0.3 is 30.2 Å². The van der Waals surface area contributed by atoms with Crippen molar-refractivity contribution < 1.29 is 9.59 Å². The number of amides is 2. The molecule has 2 heterocycles. The van der Waals surface area contributed by atoms with E-state index in [1.54, 1.807) is 48.5 Å². The summed E-state index contributed by atoms with van der Waals surface area (Å²) in [6, 6.07) is 24.5. The highest BCUT2D eigenvalue weighted by Gasteiger charge is 2.38. The Balaban J connectivity index is 1.54. The average Bonchev–Trinajstić information content (AvgIpc) is 3.21. The van der Waals surface area contributed by atoms with Gasteiger partial charge in [-0.3, -0.25) is 19.2 Å². The van der Waals surface area contributed by atoms with Crippen molar-refractivity contribution in [3.05, 3.63) is 127 Å². The molecule has 302 valence electrons. The van der Waals surface area contributed by atoms with Gasteiger partial charge in [0.2, 0.25) is 11.8 Å². The number of aromatic amines is 2. The maximum atomic E-state index is 15.2. The van der Waals surface area contributed by atoms with Gasteiger partial charge in [-0.15, -0.1) is 0 Å². The largest absolute Gasteiger partial charge is 0.372 e. The quantitative estimate of drug-likeness (QED) is 0.103. The molecule has 0 saturated carbocycles. The number of aromatic nitrogens is 4. The number of para-hydroxylation sites is 4. The van der Waals surface area contributed by atoms with Crippen LogP contribution in [-0.4, -0.2) is 110 Å². The second-order valence-corrected chi connectivity index (χ2v) is 15.4. The SMILES string of the molecule is CN(C)CCN(C)c1ccccc1NC(=O)C(c1ccc2c(=O)[nH]nc(Cl)c2c1)C(C(=O)Nc1ccccc1N(C)CCN(C)C)c1ccc2c(Cl)n[nH]c(=O)c2c1. The lowest BCUT2D eigenvalue weighted by molar-refractivity contribution is -0.124. The Kier molecular flexibility index (Phi) is 13.1. The van der Waals surface area contributed by atoms with Gasteiger partial charge >= 0.3 is 0 Å². The summed E-state index contributed by atoms with van der Waals surface area (Å²) in [7, 11) is 11.8. The molecule has 0 spiro atoms. The van der Waals surface area contributed by atoms with Crippen LogP contribution in [0.5, 0.6) is 0 Å². The van der Waals surface area contributed by atoms with Crippen LogP contribution in [0, 0.1) is 0 Å². The predicted octanol–water partition coefficient (Wildman–Crippen LogP) is 5.61. The summed E-state index contributed by atoms with van der Waals surface area (Å²) < 4.78 is 0. The Morgan fingerprint density at radius 3 is 1.47 bits per heavy atom. The lowest BCUT2D eigenvalue weighted by Crippen LogP contribution is -2.35. The molecule has 2 unspecified atom stereocenters. The van der Waals surface area contributed by atoms with Crippen molar-refractivity contribution in [1.82, 2.24) is 30.2 Å². The van der Waals surface area contributed by atoms with Crippen molar-refractivity contribution in [3.63, 3.8) is 0 Å². The maximum absolute atomic E-state index is 15.2. The summed E-state index contributed by atoms with van der Waals surface area (Å²) in [4.78, 5) is 64.6. The van der Waals surface area contributed by atoms with Crippen LogP contribution in [0.4, 0.5) is 22.7 Å². The van der Waals surface area contributed by atoms with E-state index in [0.717, 1.165) is 24.5 Å². The number of anilines is 4. The molecule has 6 aromatic rings. The first-order valence-corrected chi connectivity index (χ1v) is 19.4. The van der Waals surface area contributed by atoms with E-state index in [1.807, 2.05) is 88.5 Å². The van der Waals surface area contributed by atoms with E-state index in [-0.39, 0.29) is 21.1 Å². The highest BCUT2D eigenvalue weighted by Crippen LogP contribution is 2.40. The molecule has 4 aromatic carbocycles. The molecule has 2 amide bonds. The minimum absolute atomic E-state index is 0.0125. The summed E-state index contributed by atoms with van der Waals surface area (Å²) >= 11 is 12.9. The fourth-order valence-corrected chi connectivity index (χ4v) is 7.27. The number of carbonyl (C=O) groups is 2. The molecule has 2 atom stereocenters. The summed E-state index contributed by atoms with van der Waals surface area (Å²) in [5.74, 6) is -3.58. The van der Waals surface area contributed by atoms with Crippen molar-refractivity contribution in [2.75, 3.05) is 88.9 Å². The van der Waals surface area contributed by atoms with E-state index in [9.17, 15) is 9.59 Å². The predicted molar refractivity (Wildman–Crippen MR) is 234 cm³/mol. The minimum atomic E-state index is -1.26. The van der Waals surface area contributed by atoms with Gasteiger partial charge in [-0.25, -0.2) is 10.2 Å². The molecule has 0 aliphatic carbocycles. The zero-order valence-electron chi connectivity index (χ0n) is 33.1. The minimum Gasteiger partial charge on any atom is -0.372 e. The van der Waals surface area contributed by atoms with Gasteiger partial charge in [-0.05, 0) is 81.8 Å². The molecule has 0 bridgehead atoms. The van der Waals surface area contributed by atoms with Crippen LogP contribution in [0.2, 0.25) is 10.3 Å². The number of nitrogens with zero attached hydrogens (tertiary/aromatic N) is 6. The van der Waals surface area contributed by atoms with Gasteiger partial charge in [0.25, 0.3) is 11.1 Å². The lowest BCUT2D eigenvalue weighted by atomic mass is 9.79. The van der Waals surface area contributed by atoms with Crippen molar-refractivity contribution in [2.45, 2.75) is 11.8 Å². The van der Waals surface area contributed by atoms with Crippen molar-refractivity contribution in [1.29, 1.82) is 0 Å². The van der Waals surface area contributed by atoms with E-state index >= 15 is 9.59 Å². The summed E-state index contributed by atoms with van der Waals surface area (Å²) in [5, 5.41) is 20.1. The van der Waals surface area contributed by atoms with E-state index in [4.69, 9.17) is 23.2 Å². The molecule has 0 aliphatic heterocycles. The Hall–Kier alpha value is -5.80. The first kappa shape index (κ1) is 41.8. The molecule has 0 aliphatic rings. The third-order valence-corrected chi connectivity index (χ3v) is 10.6. The third-order valence-electron chi connectivity index (χ3n) is 10.1. The Bertz CT molecular complexity index is 2580. The fraction of sp³-hybridized carbons (Fsp3) is 0.286. The van der Waals surface area contributed by atoms with Gasteiger partial charge in [0.15, 0.2) is 10.3 Å². The molecule has 14 nitrogen and oxygen atoms in total. The molecule has 16 heteroatoms. The summed E-state index contributed by atoms with van der Waals surface area (Å²) in [6.07, 6.45) is 0. The number of rotatable bonds is 15. The fourth-order valence-electron chi connectivity index (χ4n) is 6.86. The number of nitrogens with one attached hydrogen (secondary N) is 4. The summed E-state index contributed by atoms with van der Waals surface area (Å²) in [5.41, 5.74) is 2.31. The van der Waals surface area contributed by atoms with Gasteiger partial charge in [0, 0.05) is 51.0 Å². The summed E-state index contributed by atoms with van der Waals surface area (Å²) in [6.45, 7) is 2.87.